The minimum Gasteiger partial charge on any atom is -0.370 e. The number of aromatic nitrogens is 2. The fourth-order valence-corrected chi connectivity index (χ4v) is 2.53. The number of hydrogen-bond donors (Lipinski definition) is 2. The van der Waals surface area contributed by atoms with E-state index in [0.717, 1.165) is 25.2 Å². The molecule has 4 nitrogen and oxygen atoms in total. The topological polar surface area (TPSA) is 49.8 Å². The molecule has 0 atom stereocenters. The third-order valence-electron chi connectivity index (χ3n) is 3.88. The lowest BCUT2D eigenvalue weighted by Gasteiger charge is -2.09. The fourth-order valence-electron chi connectivity index (χ4n) is 2.53. The summed E-state index contributed by atoms with van der Waals surface area (Å²) in [5, 5.41) is 6.43. The van der Waals surface area contributed by atoms with E-state index in [-0.39, 0.29) is 5.82 Å². The lowest BCUT2D eigenvalue weighted by atomic mass is 10.1. The summed E-state index contributed by atoms with van der Waals surface area (Å²) >= 11 is 0. The molecule has 3 aromatic rings. The molecule has 0 aliphatic rings. The lowest BCUT2D eigenvalue weighted by molar-refractivity contribution is 0.613. The van der Waals surface area contributed by atoms with Crippen molar-refractivity contribution in [2.45, 2.75) is 19.4 Å². The highest BCUT2D eigenvalue weighted by atomic mass is 19.1. The Balaban J connectivity index is 1.47. The highest BCUT2D eigenvalue weighted by molar-refractivity contribution is 5.46. The lowest BCUT2D eigenvalue weighted by Crippen LogP contribution is -2.07. The van der Waals surface area contributed by atoms with Crippen molar-refractivity contribution in [3.05, 3.63) is 83.9 Å². The Morgan fingerprint density at radius 1 is 0.840 bits per heavy atom. The quantitative estimate of drug-likeness (QED) is 0.603. The van der Waals surface area contributed by atoms with Crippen molar-refractivity contribution >= 4 is 11.6 Å². The van der Waals surface area contributed by atoms with Crippen LogP contribution in [0.1, 0.15) is 17.5 Å². The molecule has 0 spiro atoms. The van der Waals surface area contributed by atoms with Gasteiger partial charge in [-0.15, -0.1) is 0 Å². The second-order valence-corrected chi connectivity index (χ2v) is 5.75. The standard InChI is InChI=1S/C20H21FN4/c21-18-11-5-4-10-17(18)14-23-20-13-19(24-15-25-20)22-12-6-9-16-7-2-1-3-8-16/h1-5,7-8,10-11,13,15H,6,9,12,14H2,(H2,22,23,24,25). The zero-order valence-corrected chi connectivity index (χ0v) is 14.0. The number of halogens is 1. The Morgan fingerprint density at radius 2 is 1.56 bits per heavy atom. The van der Waals surface area contributed by atoms with Crippen LogP contribution in [0.3, 0.4) is 0 Å². The monoisotopic (exact) mass is 336 g/mol. The molecule has 0 saturated carbocycles. The molecular formula is C20H21FN4. The van der Waals surface area contributed by atoms with Gasteiger partial charge in [-0.05, 0) is 24.5 Å². The summed E-state index contributed by atoms with van der Waals surface area (Å²) in [5.74, 6) is 1.21. The first-order chi connectivity index (χ1) is 12.3. The summed E-state index contributed by atoms with van der Waals surface area (Å²) in [7, 11) is 0. The van der Waals surface area contributed by atoms with Crippen LogP contribution in [0.25, 0.3) is 0 Å². The van der Waals surface area contributed by atoms with Crippen molar-refractivity contribution in [2.24, 2.45) is 0 Å². The SMILES string of the molecule is Fc1ccccc1CNc1cc(NCCCc2ccccc2)ncn1. The van der Waals surface area contributed by atoms with Gasteiger partial charge in [0.15, 0.2) is 0 Å². The molecule has 0 bridgehead atoms. The number of nitrogens with zero attached hydrogens (tertiary/aromatic N) is 2. The van der Waals surface area contributed by atoms with Crippen LogP contribution in [0.4, 0.5) is 16.0 Å². The summed E-state index contributed by atoms with van der Waals surface area (Å²) in [6, 6.07) is 19.0. The second-order valence-electron chi connectivity index (χ2n) is 5.75. The molecule has 0 aliphatic carbocycles. The smallest absolute Gasteiger partial charge is 0.131 e. The van der Waals surface area contributed by atoms with Crippen molar-refractivity contribution in [2.75, 3.05) is 17.2 Å². The molecule has 3 rings (SSSR count). The van der Waals surface area contributed by atoms with E-state index in [1.165, 1.54) is 18.0 Å². The largest absolute Gasteiger partial charge is 0.370 e. The van der Waals surface area contributed by atoms with Crippen LogP contribution < -0.4 is 10.6 Å². The maximum atomic E-state index is 13.6. The minimum atomic E-state index is -0.219. The molecule has 0 aliphatic heterocycles. The molecule has 0 radical (unpaired) electrons. The normalized spacial score (nSPS) is 10.4. The van der Waals surface area contributed by atoms with E-state index >= 15 is 0 Å². The number of anilines is 2. The molecule has 128 valence electrons. The van der Waals surface area contributed by atoms with Crippen LogP contribution in [-0.2, 0) is 13.0 Å². The van der Waals surface area contributed by atoms with Gasteiger partial charge in [-0.25, -0.2) is 14.4 Å². The number of aryl methyl sites for hydroxylation is 1. The number of benzene rings is 2. The molecule has 2 N–H and O–H groups in total. The van der Waals surface area contributed by atoms with Crippen LogP contribution in [0.5, 0.6) is 0 Å². The van der Waals surface area contributed by atoms with Gasteiger partial charge in [-0.2, -0.15) is 0 Å². The van der Waals surface area contributed by atoms with Gasteiger partial charge < -0.3 is 10.6 Å². The third kappa shape index (κ3) is 5.28. The summed E-state index contributed by atoms with van der Waals surface area (Å²) < 4.78 is 13.6. The van der Waals surface area contributed by atoms with Crippen LogP contribution in [0.2, 0.25) is 0 Å². The highest BCUT2D eigenvalue weighted by Gasteiger charge is 2.02. The fraction of sp³-hybridized carbons (Fsp3) is 0.200. The van der Waals surface area contributed by atoms with E-state index in [0.29, 0.717) is 17.9 Å². The predicted octanol–water partition coefficient (Wildman–Crippen LogP) is 4.27. The number of hydrogen-bond acceptors (Lipinski definition) is 4. The van der Waals surface area contributed by atoms with E-state index in [9.17, 15) is 4.39 Å². The summed E-state index contributed by atoms with van der Waals surface area (Å²) in [4.78, 5) is 8.40. The van der Waals surface area contributed by atoms with Crippen LogP contribution in [0, 0.1) is 5.82 Å². The summed E-state index contributed by atoms with van der Waals surface area (Å²) in [6.45, 7) is 1.22. The maximum absolute atomic E-state index is 13.6. The van der Waals surface area contributed by atoms with Crippen molar-refractivity contribution in [3.8, 4) is 0 Å². The molecule has 1 heterocycles. The van der Waals surface area contributed by atoms with Gasteiger partial charge in [0.05, 0.1) is 0 Å². The third-order valence-corrected chi connectivity index (χ3v) is 3.88. The summed E-state index contributed by atoms with van der Waals surface area (Å²) in [6.07, 6.45) is 3.55. The van der Waals surface area contributed by atoms with Gasteiger partial charge in [-0.3, -0.25) is 0 Å². The Hall–Kier alpha value is -2.95. The van der Waals surface area contributed by atoms with E-state index in [4.69, 9.17) is 0 Å². The van der Waals surface area contributed by atoms with Gasteiger partial charge in [-0.1, -0.05) is 48.5 Å². The van der Waals surface area contributed by atoms with Crippen molar-refractivity contribution in [1.29, 1.82) is 0 Å². The average molecular weight is 336 g/mol. The second kappa shape index (κ2) is 8.78. The van der Waals surface area contributed by atoms with E-state index in [1.807, 2.05) is 18.2 Å². The molecule has 0 amide bonds. The molecule has 25 heavy (non-hydrogen) atoms. The van der Waals surface area contributed by atoms with Crippen molar-refractivity contribution < 1.29 is 4.39 Å². The number of nitrogens with one attached hydrogen (secondary N) is 2. The minimum absolute atomic E-state index is 0.219. The molecule has 2 aromatic carbocycles. The predicted molar refractivity (Wildman–Crippen MR) is 99.0 cm³/mol. The molecule has 5 heteroatoms. The van der Waals surface area contributed by atoms with Gasteiger partial charge in [0.1, 0.15) is 23.8 Å². The van der Waals surface area contributed by atoms with Crippen LogP contribution in [-0.4, -0.2) is 16.5 Å². The Morgan fingerprint density at radius 3 is 2.36 bits per heavy atom. The van der Waals surface area contributed by atoms with Crippen molar-refractivity contribution in [1.82, 2.24) is 9.97 Å². The van der Waals surface area contributed by atoms with Gasteiger partial charge in [0.2, 0.25) is 0 Å². The first-order valence-corrected chi connectivity index (χ1v) is 8.38. The van der Waals surface area contributed by atoms with Crippen molar-refractivity contribution in [3.63, 3.8) is 0 Å². The number of rotatable bonds is 8. The molecule has 1 aromatic heterocycles. The summed E-state index contributed by atoms with van der Waals surface area (Å²) in [5.41, 5.74) is 1.94. The van der Waals surface area contributed by atoms with Gasteiger partial charge in [0, 0.05) is 24.7 Å². The first-order valence-electron chi connectivity index (χ1n) is 8.38. The first kappa shape index (κ1) is 16.9. The van der Waals surface area contributed by atoms with Crippen LogP contribution >= 0.6 is 0 Å². The Bertz CT molecular complexity index is 792. The molecular weight excluding hydrogens is 315 g/mol. The Labute approximate surface area is 147 Å². The van der Waals surface area contributed by atoms with Gasteiger partial charge >= 0.3 is 0 Å². The zero-order chi connectivity index (χ0) is 17.3. The van der Waals surface area contributed by atoms with Crippen LogP contribution in [0.15, 0.2) is 67.0 Å². The maximum Gasteiger partial charge on any atom is 0.131 e. The molecule has 0 fully saturated rings. The highest BCUT2D eigenvalue weighted by Crippen LogP contribution is 2.12. The van der Waals surface area contributed by atoms with E-state index in [1.54, 1.807) is 12.1 Å². The van der Waals surface area contributed by atoms with Gasteiger partial charge in [0.25, 0.3) is 0 Å². The molecule has 0 unspecified atom stereocenters. The average Bonchev–Trinajstić information content (AvgIpc) is 2.66. The molecule has 0 saturated heterocycles. The Kier molecular flexibility index (Phi) is 5.93. The van der Waals surface area contributed by atoms with E-state index in [2.05, 4.69) is 44.9 Å². The zero-order valence-electron chi connectivity index (χ0n) is 14.0. The van der Waals surface area contributed by atoms with E-state index < -0.39 is 0 Å².